The van der Waals surface area contributed by atoms with Crippen molar-refractivity contribution >= 4 is 40.5 Å². The Morgan fingerprint density at radius 3 is 2.63 bits per heavy atom. The summed E-state index contributed by atoms with van der Waals surface area (Å²) in [6, 6.07) is 23.8. The summed E-state index contributed by atoms with van der Waals surface area (Å²) in [6.07, 6.45) is 3.15. The van der Waals surface area contributed by atoms with E-state index < -0.39 is 0 Å². The van der Waals surface area contributed by atoms with E-state index in [4.69, 9.17) is 14.9 Å². The average molecular weight is 514 g/mol. The van der Waals surface area contributed by atoms with Crippen LogP contribution in [0.1, 0.15) is 23.2 Å². The zero-order valence-corrected chi connectivity index (χ0v) is 21.3. The van der Waals surface area contributed by atoms with Crippen LogP contribution in [0.15, 0.2) is 83.3 Å². The second-order valence-corrected chi connectivity index (χ2v) is 9.79. The molecule has 1 aromatic heterocycles. The fraction of sp³-hybridized carbons (Fsp3) is 0.267. The second-order valence-electron chi connectivity index (χ2n) is 9.79. The van der Waals surface area contributed by atoms with Crippen molar-refractivity contribution < 1.29 is 18.7 Å². The Morgan fingerprint density at radius 1 is 1.11 bits per heavy atom. The minimum atomic E-state index is -0.253. The maximum Gasteiger partial charge on any atom is 0.309 e. The average Bonchev–Trinajstić information content (AvgIpc) is 3.40. The largest absolute Gasteiger partial charge is 0.488 e. The van der Waals surface area contributed by atoms with Gasteiger partial charge >= 0.3 is 12.3 Å². The summed E-state index contributed by atoms with van der Waals surface area (Å²) in [7, 11) is 0. The van der Waals surface area contributed by atoms with Crippen LogP contribution >= 0.6 is 0 Å². The molecule has 196 valence electrons. The minimum Gasteiger partial charge on any atom is -0.488 e. The topological polar surface area (TPSA) is 107 Å². The third-order valence-electron chi connectivity index (χ3n) is 7.12. The molecule has 8 nitrogen and oxygen atoms in total. The number of hydrogen-bond acceptors (Lipinski definition) is 6. The molecule has 0 radical (unpaired) electrons. The molecular weight excluding hydrogens is 480 g/mol. The fourth-order valence-electron chi connectivity index (χ4n) is 5.00. The van der Waals surface area contributed by atoms with E-state index in [2.05, 4.69) is 10.6 Å². The van der Waals surface area contributed by atoms with Gasteiger partial charge in [0, 0.05) is 23.4 Å². The van der Waals surface area contributed by atoms with Crippen LogP contribution in [0.3, 0.4) is 0 Å². The van der Waals surface area contributed by atoms with Gasteiger partial charge in [0.15, 0.2) is 0 Å². The third kappa shape index (κ3) is 5.72. The minimum absolute atomic E-state index is 0.0556. The number of amides is 2. The number of piperidine rings is 1. The Morgan fingerprint density at radius 2 is 1.89 bits per heavy atom. The Bertz CT molecular complexity index is 1360. The molecule has 1 saturated heterocycles. The number of fused-ring (bicyclic) bond motifs is 1. The molecule has 4 N–H and O–H groups in total. The van der Waals surface area contributed by atoms with Crippen molar-refractivity contribution in [1.82, 2.24) is 9.80 Å². The van der Waals surface area contributed by atoms with Gasteiger partial charge < -0.3 is 25.5 Å². The van der Waals surface area contributed by atoms with Gasteiger partial charge in [-0.05, 0) is 61.9 Å². The fourth-order valence-corrected chi connectivity index (χ4v) is 5.00. The first-order chi connectivity index (χ1) is 18.6. The van der Waals surface area contributed by atoms with Gasteiger partial charge in [0.25, 0.3) is 5.91 Å². The van der Waals surface area contributed by atoms with Gasteiger partial charge in [0.05, 0.1) is 24.0 Å². The van der Waals surface area contributed by atoms with E-state index >= 15 is 0 Å². The normalized spacial score (nSPS) is 17.0. The summed E-state index contributed by atoms with van der Waals surface area (Å²) >= 11 is 0. The first kappa shape index (κ1) is 25.5. The van der Waals surface area contributed by atoms with Crippen LogP contribution in [0.5, 0.6) is 5.75 Å². The molecule has 1 fully saturated rings. The van der Waals surface area contributed by atoms with Crippen LogP contribution < -0.4 is 25.6 Å². The molecule has 2 atom stereocenters. The van der Waals surface area contributed by atoms with Gasteiger partial charge in [-0.1, -0.05) is 30.3 Å². The molecule has 2 amide bonds. The van der Waals surface area contributed by atoms with Crippen molar-refractivity contribution in [3.8, 4) is 5.75 Å². The van der Waals surface area contributed by atoms with Crippen LogP contribution in [0.25, 0.3) is 11.0 Å². The summed E-state index contributed by atoms with van der Waals surface area (Å²) < 4.78 is 12.3. The lowest BCUT2D eigenvalue weighted by Crippen LogP contribution is -2.55. The van der Waals surface area contributed by atoms with Crippen LogP contribution in [-0.2, 0) is 4.79 Å². The Labute approximate surface area is 222 Å². The number of anilines is 2. The number of carbonyl (C=O) groups is 2. The summed E-state index contributed by atoms with van der Waals surface area (Å²) in [4.78, 5) is 25.3. The van der Waals surface area contributed by atoms with Gasteiger partial charge in [-0.3, -0.25) is 4.79 Å². The van der Waals surface area contributed by atoms with E-state index in [1.54, 1.807) is 36.4 Å². The highest BCUT2D eigenvalue weighted by Gasteiger charge is 2.37. The molecule has 0 bridgehead atoms. The van der Waals surface area contributed by atoms with Crippen LogP contribution in [0, 0.1) is 5.92 Å². The van der Waals surface area contributed by atoms with E-state index in [0.717, 1.165) is 43.3 Å². The highest BCUT2D eigenvalue weighted by atomic mass is 16.5. The molecule has 2 unspecified atom stereocenters. The molecule has 4 aromatic rings. The second kappa shape index (κ2) is 11.5. The summed E-state index contributed by atoms with van der Waals surface area (Å²) in [5.41, 5.74) is 8.25. The number of nitrogens with zero attached hydrogens (tertiary/aromatic N) is 1. The van der Waals surface area contributed by atoms with E-state index in [9.17, 15) is 9.59 Å². The van der Waals surface area contributed by atoms with Gasteiger partial charge in [-0.15, -0.1) is 0 Å². The molecule has 8 heteroatoms. The van der Waals surface area contributed by atoms with Crippen LogP contribution in [0.4, 0.5) is 17.3 Å². The third-order valence-corrected chi connectivity index (χ3v) is 7.12. The number of nitrogens with two attached hydrogens (primary N) is 1. The number of quaternary nitrogens is 1. The molecule has 38 heavy (non-hydrogen) atoms. The lowest BCUT2D eigenvalue weighted by Gasteiger charge is -2.33. The van der Waals surface area contributed by atoms with Gasteiger partial charge in [-0.25, -0.2) is 4.79 Å². The molecule has 0 aliphatic carbocycles. The molecule has 5 rings (SSSR count). The van der Waals surface area contributed by atoms with Crippen molar-refractivity contribution in [2.45, 2.75) is 12.8 Å². The van der Waals surface area contributed by atoms with Crippen LogP contribution in [0.2, 0.25) is 0 Å². The molecule has 2 heterocycles. The monoisotopic (exact) mass is 513 g/mol. The van der Waals surface area contributed by atoms with E-state index in [1.807, 2.05) is 42.5 Å². The lowest BCUT2D eigenvalue weighted by atomic mass is 9.98. The highest BCUT2D eigenvalue weighted by molar-refractivity contribution is 6.05. The number of furan rings is 1. The van der Waals surface area contributed by atoms with Crippen molar-refractivity contribution in [1.29, 1.82) is 0 Å². The number of ether oxygens (including phenoxy) is 1. The maximum absolute atomic E-state index is 12.7. The highest BCUT2D eigenvalue weighted by Crippen LogP contribution is 2.32. The van der Waals surface area contributed by atoms with Gasteiger partial charge in [-0.2, -0.15) is 4.48 Å². The van der Waals surface area contributed by atoms with Crippen molar-refractivity contribution in [2.24, 2.45) is 5.92 Å². The molecule has 1 aliphatic rings. The van der Waals surface area contributed by atoms with Crippen LogP contribution in [-0.4, -0.2) is 45.1 Å². The van der Waals surface area contributed by atoms with E-state index in [0.29, 0.717) is 54.2 Å². The Hall–Kier alpha value is -4.14. The molecule has 1 aliphatic heterocycles. The summed E-state index contributed by atoms with van der Waals surface area (Å²) in [6.45, 7) is 3.27. The summed E-state index contributed by atoms with van der Waals surface area (Å²) in [5.74, 6) is 1.35. The molecular formula is C30H33N4O4+. The predicted molar refractivity (Wildman–Crippen MR) is 150 cm³/mol. The lowest BCUT2D eigenvalue weighted by molar-refractivity contribution is -0.119. The Balaban J connectivity index is 1.27. The van der Waals surface area contributed by atoms with Crippen molar-refractivity contribution in [3.05, 3.63) is 84.4 Å². The smallest absolute Gasteiger partial charge is 0.309 e. The van der Waals surface area contributed by atoms with E-state index in [1.165, 1.54) is 0 Å². The number of nitrogen functional groups attached to an aromatic ring is 1. The molecule has 0 saturated carbocycles. The zero-order chi connectivity index (χ0) is 26.4. The van der Waals surface area contributed by atoms with Gasteiger partial charge in [0.1, 0.15) is 24.5 Å². The summed E-state index contributed by atoms with van der Waals surface area (Å²) in [5, 5.41) is 7.24. The number of nitrogens with one attached hydrogen (secondary N) is 2. The number of benzene rings is 3. The quantitative estimate of drug-likeness (QED) is 0.160. The first-order valence-corrected chi connectivity index (χ1v) is 13.0. The SMILES string of the molecule is Nc1ccccc1NC(=O)c1ccc(OCC[N+](C=O)(CC2CCCNC2)c2cc3ccccc3o2)cc1. The van der Waals surface area contributed by atoms with Crippen molar-refractivity contribution in [2.75, 3.05) is 43.8 Å². The number of para-hydroxylation sites is 3. The predicted octanol–water partition coefficient (Wildman–Crippen LogP) is 4.81. The maximum atomic E-state index is 12.7. The van der Waals surface area contributed by atoms with Gasteiger partial charge in [0.2, 0.25) is 0 Å². The Kier molecular flexibility index (Phi) is 7.72. The van der Waals surface area contributed by atoms with Crippen molar-refractivity contribution in [3.63, 3.8) is 0 Å². The first-order valence-electron chi connectivity index (χ1n) is 13.0. The van der Waals surface area contributed by atoms with E-state index in [-0.39, 0.29) is 10.4 Å². The zero-order valence-electron chi connectivity index (χ0n) is 21.3. The number of rotatable bonds is 10. The standard InChI is InChI=1S/C30H32N4O4/c31-26-8-2-3-9-27(26)33-30(36)23-11-13-25(14-12-23)37-17-16-34(21-35,20-22-6-5-15-32-19-22)29-18-24-7-1-4-10-28(24)38-29/h1-4,7-14,18,21-22,32H,5-6,15-17,19-20,31H2/p+1. The number of hydrogen-bond donors (Lipinski definition) is 3. The molecule has 3 aromatic carbocycles. The number of carbonyl (C=O) groups excluding carboxylic acids is 2. The molecule has 0 spiro atoms.